The molecule has 0 spiro atoms. The number of rotatable bonds is 2. The second-order valence-electron chi connectivity index (χ2n) is 6.05. The molecule has 1 fully saturated rings. The zero-order valence-electron chi connectivity index (χ0n) is 12.2. The first-order valence-corrected chi connectivity index (χ1v) is 6.55. The van der Waals surface area contributed by atoms with E-state index in [-0.39, 0.29) is 24.1 Å². The highest BCUT2D eigenvalue weighted by Crippen LogP contribution is 2.37. The summed E-state index contributed by atoms with van der Waals surface area (Å²) in [5, 5.41) is 9.84. The van der Waals surface area contributed by atoms with Crippen molar-refractivity contribution in [1.29, 1.82) is 0 Å². The number of hydrogen-bond donors (Lipinski definition) is 1. The maximum atomic E-state index is 9.84. The molecule has 1 aliphatic heterocycles. The highest BCUT2D eigenvalue weighted by atomic mass is 16.7. The van der Waals surface area contributed by atoms with Gasteiger partial charge in [-0.25, -0.2) is 0 Å². The molecule has 0 radical (unpaired) electrons. The van der Waals surface area contributed by atoms with Crippen molar-refractivity contribution in [2.75, 3.05) is 0 Å². The third kappa shape index (κ3) is 2.85. The summed E-state index contributed by atoms with van der Waals surface area (Å²) < 4.78 is 11.7. The van der Waals surface area contributed by atoms with Crippen molar-refractivity contribution in [3.8, 4) is 5.75 Å². The average Bonchev–Trinajstić information content (AvgIpc) is 2.46. The van der Waals surface area contributed by atoms with Gasteiger partial charge in [0.1, 0.15) is 5.75 Å². The maximum absolute atomic E-state index is 9.84. The molecule has 1 aliphatic rings. The standard InChI is InChI=1S/C15H21BO3/c1-11-6-7-12(13(17)10-11)8-9-16-18-14(2,3)15(4,5)19-16/h6-10,17H,1-5H3/b9-8+. The van der Waals surface area contributed by atoms with Crippen molar-refractivity contribution in [2.24, 2.45) is 0 Å². The lowest BCUT2D eigenvalue weighted by atomic mass is 9.89. The van der Waals surface area contributed by atoms with Crippen LogP contribution < -0.4 is 0 Å². The molecule has 1 saturated heterocycles. The van der Waals surface area contributed by atoms with E-state index in [1.807, 2.05) is 58.8 Å². The van der Waals surface area contributed by atoms with Crippen LogP contribution >= 0.6 is 0 Å². The SMILES string of the molecule is Cc1ccc(/C=C/B2OC(C)(C)C(C)(C)O2)c(O)c1. The normalized spacial score (nSPS) is 21.2. The first kappa shape index (κ1) is 14.2. The third-order valence-corrected chi connectivity index (χ3v) is 3.89. The molecule has 1 aromatic rings. The summed E-state index contributed by atoms with van der Waals surface area (Å²) in [5.74, 6) is 2.11. The summed E-state index contributed by atoms with van der Waals surface area (Å²) in [6.07, 6.45) is 1.83. The lowest BCUT2D eigenvalue weighted by Gasteiger charge is -2.32. The molecule has 0 aromatic heterocycles. The Balaban J connectivity index is 2.13. The Hall–Kier alpha value is -1.26. The van der Waals surface area contributed by atoms with Crippen LogP contribution in [0.15, 0.2) is 24.2 Å². The van der Waals surface area contributed by atoms with Gasteiger partial charge in [0.05, 0.1) is 11.2 Å². The van der Waals surface area contributed by atoms with Gasteiger partial charge in [-0.2, -0.15) is 0 Å². The predicted octanol–water partition coefficient (Wildman–Crippen LogP) is 3.35. The number of hydrogen-bond acceptors (Lipinski definition) is 3. The minimum Gasteiger partial charge on any atom is -0.507 e. The number of aromatic hydroxyl groups is 1. The van der Waals surface area contributed by atoms with E-state index in [1.165, 1.54) is 0 Å². The predicted molar refractivity (Wildman–Crippen MR) is 78.0 cm³/mol. The van der Waals surface area contributed by atoms with Crippen LogP contribution in [0, 0.1) is 6.92 Å². The molecule has 0 aliphatic carbocycles. The van der Waals surface area contributed by atoms with Gasteiger partial charge in [0.25, 0.3) is 0 Å². The van der Waals surface area contributed by atoms with Crippen LogP contribution in [-0.4, -0.2) is 23.4 Å². The van der Waals surface area contributed by atoms with Gasteiger partial charge in [-0.3, -0.25) is 0 Å². The molecule has 1 N–H and O–H groups in total. The van der Waals surface area contributed by atoms with Crippen LogP contribution in [0.3, 0.4) is 0 Å². The van der Waals surface area contributed by atoms with Crippen LogP contribution in [-0.2, 0) is 9.31 Å². The quantitative estimate of drug-likeness (QED) is 0.829. The van der Waals surface area contributed by atoms with Crippen molar-refractivity contribution >= 4 is 13.2 Å². The van der Waals surface area contributed by atoms with Gasteiger partial charge in [-0.05, 0) is 46.2 Å². The molecule has 0 amide bonds. The zero-order chi connectivity index (χ0) is 14.3. The molecule has 102 valence electrons. The molecular weight excluding hydrogens is 239 g/mol. The molecule has 4 heteroatoms. The van der Waals surface area contributed by atoms with Crippen molar-refractivity contribution < 1.29 is 14.4 Å². The molecule has 3 nitrogen and oxygen atoms in total. The van der Waals surface area contributed by atoms with E-state index >= 15 is 0 Å². The molecule has 0 atom stereocenters. The van der Waals surface area contributed by atoms with Gasteiger partial charge < -0.3 is 14.4 Å². The van der Waals surface area contributed by atoms with Crippen molar-refractivity contribution in [2.45, 2.75) is 45.8 Å². The van der Waals surface area contributed by atoms with Crippen molar-refractivity contribution in [3.05, 3.63) is 35.3 Å². The summed E-state index contributed by atoms with van der Waals surface area (Å²) in [5.41, 5.74) is 1.12. The Labute approximate surface area is 115 Å². The van der Waals surface area contributed by atoms with Gasteiger partial charge in [0.15, 0.2) is 0 Å². The smallest absolute Gasteiger partial charge is 0.487 e. The zero-order valence-corrected chi connectivity index (χ0v) is 12.2. The van der Waals surface area contributed by atoms with Crippen LogP contribution in [0.2, 0.25) is 0 Å². The summed E-state index contributed by atoms with van der Waals surface area (Å²) >= 11 is 0. The van der Waals surface area contributed by atoms with Crippen LogP contribution in [0.4, 0.5) is 0 Å². The Morgan fingerprint density at radius 3 is 2.21 bits per heavy atom. The highest BCUT2D eigenvalue weighted by Gasteiger charge is 2.49. The molecule has 2 rings (SSSR count). The molecule has 0 unspecified atom stereocenters. The van der Waals surface area contributed by atoms with Crippen LogP contribution in [0.25, 0.3) is 6.08 Å². The Morgan fingerprint density at radius 2 is 1.68 bits per heavy atom. The first-order chi connectivity index (χ1) is 8.71. The van der Waals surface area contributed by atoms with Crippen molar-refractivity contribution in [1.82, 2.24) is 0 Å². The number of aryl methyl sites for hydroxylation is 1. The number of benzene rings is 1. The van der Waals surface area contributed by atoms with Crippen molar-refractivity contribution in [3.63, 3.8) is 0 Å². The van der Waals surface area contributed by atoms with Gasteiger partial charge in [-0.15, -0.1) is 0 Å². The van der Waals surface area contributed by atoms with E-state index in [4.69, 9.17) is 9.31 Å². The summed E-state index contributed by atoms with van der Waals surface area (Å²) in [6, 6.07) is 5.58. The Morgan fingerprint density at radius 1 is 1.11 bits per heavy atom. The molecular formula is C15H21BO3. The number of phenolic OH excluding ortho intramolecular Hbond substituents is 1. The lowest BCUT2D eigenvalue weighted by Crippen LogP contribution is -2.41. The minimum atomic E-state index is -0.384. The fourth-order valence-electron chi connectivity index (χ4n) is 1.94. The Bertz CT molecular complexity index is 490. The molecule has 19 heavy (non-hydrogen) atoms. The second-order valence-corrected chi connectivity index (χ2v) is 6.05. The molecule has 1 heterocycles. The van der Waals surface area contributed by atoms with E-state index in [2.05, 4.69) is 0 Å². The number of phenols is 1. The second kappa shape index (κ2) is 4.69. The Kier molecular flexibility index (Phi) is 3.50. The minimum absolute atomic E-state index is 0.271. The molecule has 0 saturated carbocycles. The largest absolute Gasteiger partial charge is 0.507 e. The monoisotopic (exact) mass is 260 g/mol. The fraction of sp³-hybridized carbons (Fsp3) is 0.467. The summed E-state index contributed by atoms with van der Waals surface area (Å²) in [4.78, 5) is 0. The van der Waals surface area contributed by atoms with Gasteiger partial charge in [0, 0.05) is 5.56 Å². The fourth-order valence-corrected chi connectivity index (χ4v) is 1.94. The van der Waals surface area contributed by atoms with E-state index in [1.54, 1.807) is 6.07 Å². The van der Waals surface area contributed by atoms with Crippen LogP contribution in [0.5, 0.6) is 5.75 Å². The molecule has 0 bridgehead atoms. The maximum Gasteiger partial charge on any atom is 0.487 e. The topological polar surface area (TPSA) is 38.7 Å². The van der Waals surface area contributed by atoms with Crippen LogP contribution in [0.1, 0.15) is 38.8 Å². The third-order valence-electron chi connectivity index (χ3n) is 3.89. The highest BCUT2D eigenvalue weighted by molar-refractivity contribution is 6.52. The van der Waals surface area contributed by atoms with E-state index in [9.17, 15) is 5.11 Å². The van der Waals surface area contributed by atoms with Gasteiger partial charge in [0.2, 0.25) is 0 Å². The van der Waals surface area contributed by atoms with Gasteiger partial charge in [-0.1, -0.05) is 24.2 Å². The molecule has 1 aromatic carbocycles. The summed E-state index contributed by atoms with van der Waals surface area (Å²) in [7, 11) is -0.384. The first-order valence-electron chi connectivity index (χ1n) is 6.55. The van der Waals surface area contributed by atoms with E-state index in [0.717, 1.165) is 11.1 Å². The lowest BCUT2D eigenvalue weighted by molar-refractivity contribution is 0.00578. The van der Waals surface area contributed by atoms with E-state index < -0.39 is 0 Å². The van der Waals surface area contributed by atoms with Gasteiger partial charge >= 0.3 is 7.12 Å². The van der Waals surface area contributed by atoms with E-state index in [0.29, 0.717) is 0 Å². The average molecular weight is 260 g/mol. The summed E-state index contributed by atoms with van der Waals surface area (Å²) in [6.45, 7) is 10.0.